The van der Waals surface area contributed by atoms with E-state index in [-0.39, 0.29) is 17.6 Å². The van der Waals surface area contributed by atoms with Crippen LogP contribution in [-0.4, -0.2) is 29.7 Å². The average molecular weight is 356 g/mol. The Morgan fingerprint density at radius 1 is 1.00 bits per heavy atom. The van der Waals surface area contributed by atoms with Gasteiger partial charge in [0.2, 0.25) is 0 Å². The third-order valence-electron chi connectivity index (χ3n) is 4.90. The largest absolute Gasteiger partial charge is 0.339 e. The number of benzene rings is 2. The summed E-state index contributed by atoms with van der Waals surface area (Å²) in [5, 5.41) is 0.473. The molecule has 0 unspecified atom stereocenters. The van der Waals surface area contributed by atoms with Crippen LogP contribution in [0, 0.1) is 19.8 Å². The van der Waals surface area contributed by atoms with Crippen molar-refractivity contribution in [1.82, 2.24) is 4.90 Å². The highest BCUT2D eigenvalue weighted by molar-refractivity contribution is 6.33. The summed E-state index contributed by atoms with van der Waals surface area (Å²) < 4.78 is 0. The highest BCUT2D eigenvalue weighted by atomic mass is 35.5. The van der Waals surface area contributed by atoms with Crippen LogP contribution >= 0.6 is 11.6 Å². The van der Waals surface area contributed by atoms with Gasteiger partial charge in [-0.05, 0) is 44.4 Å². The van der Waals surface area contributed by atoms with Crippen molar-refractivity contribution in [2.75, 3.05) is 13.1 Å². The van der Waals surface area contributed by atoms with Crippen LogP contribution in [-0.2, 0) is 0 Å². The lowest BCUT2D eigenvalue weighted by Crippen LogP contribution is -2.40. The van der Waals surface area contributed by atoms with Crippen LogP contribution in [0.5, 0.6) is 0 Å². The topological polar surface area (TPSA) is 37.4 Å². The molecule has 1 saturated heterocycles. The summed E-state index contributed by atoms with van der Waals surface area (Å²) >= 11 is 6.13. The molecule has 1 aliphatic heterocycles. The van der Waals surface area contributed by atoms with Gasteiger partial charge in [0, 0.05) is 24.6 Å². The van der Waals surface area contributed by atoms with Crippen LogP contribution in [0.1, 0.15) is 44.7 Å². The molecule has 0 bridgehead atoms. The zero-order chi connectivity index (χ0) is 18.0. The van der Waals surface area contributed by atoms with Gasteiger partial charge in [-0.1, -0.05) is 47.5 Å². The van der Waals surface area contributed by atoms with Crippen LogP contribution in [0.2, 0.25) is 5.02 Å². The number of halogens is 1. The minimum absolute atomic E-state index is 0.0169. The van der Waals surface area contributed by atoms with Gasteiger partial charge >= 0.3 is 0 Å². The van der Waals surface area contributed by atoms with Gasteiger partial charge in [0.15, 0.2) is 5.78 Å². The van der Waals surface area contributed by atoms with Crippen LogP contribution in [0.4, 0.5) is 0 Å². The molecule has 2 aromatic rings. The van der Waals surface area contributed by atoms with Crippen molar-refractivity contribution >= 4 is 23.3 Å². The average Bonchev–Trinajstić information content (AvgIpc) is 2.61. The van der Waals surface area contributed by atoms with Crippen molar-refractivity contribution < 1.29 is 9.59 Å². The maximum Gasteiger partial charge on any atom is 0.255 e. The molecule has 130 valence electrons. The maximum absolute atomic E-state index is 12.8. The molecule has 0 aromatic heterocycles. The fraction of sp³-hybridized carbons (Fsp3) is 0.333. The Morgan fingerprint density at radius 2 is 1.68 bits per heavy atom. The van der Waals surface area contributed by atoms with E-state index in [1.165, 1.54) is 0 Å². The fourth-order valence-corrected chi connectivity index (χ4v) is 3.68. The quantitative estimate of drug-likeness (QED) is 0.749. The van der Waals surface area contributed by atoms with E-state index < -0.39 is 0 Å². The first-order chi connectivity index (χ1) is 12.0. The number of ketones is 1. The summed E-state index contributed by atoms with van der Waals surface area (Å²) in [4.78, 5) is 27.2. The van der Waals surface area contributed by atoms with Crippen molar-refractivity contribution in [1.29, 1.82) is 0 Å². The number of aryl methyl sites for hydroxylation is 2. The molecule has 1 fully saturated rings. The number of carbonyl (C=O) groups excluding carboxylic acids is 2. The molecular formula is C21H22ClNO2. The molecule has 0 spiro atoms. The van der Waals surface area contributed by atoms with Gasteiger partial charge in [-0.3, -0.25) is 9.59 Å². The summed E-state index contributed by atoms with van der Waals surface area (Å²) in [6, 6.07) is 13.1. The third kappa shape index (κ3) is 3.77. The van der Waals surface area contributed by atoms with Gasteiger partial charge in [0.1, 0.15) is 0 Å². The van der Waals surface area contributed by atoms with E-state index in [0.29, 0.717) is 36.5 Å². The monoisotopic (exact) mass is 355 g/mol. The van der Waals surface area contributed by atoms with Crippen molar-refractivity contribution in [3.8, 4) is 0 Å². The molecule has 0 radical (unpaired) electrons. The van der Waals surface area contributed by atoms with E-state index in [0.717, 1.165) is 16.7 Å². The van der Waals surface area contributed by atoms with E-state index >= 15 is 0 Å². The second kappa shape index (κ2) is 7.40. The van der Waals surface area contributed by atoms with Crippen LogP contribution in [0.3, 0.4) is 0 Å². The lowest BCUT2D eigenvalue weighted by Gasteiger charge is -2.31. The number of likely N-dealkylation sites (tertiary alicyclic amines) is 1. The number of hydrogen-bond acceptors (Lipinski definition) is 2. The van der Waals surface area contributed by atoms with Crippen LogP contribution in [0.15, 0.2) is 42.5 Å². The van der Waals surface area contributed by atoms with Crippen LogP contribution in [0.25, 0.3) is 0 Å². The molecule has 0 atom stereocenters. The Balaban J connectivity index is 1.66. The Hall–Kier alpha value is -2.13. The summed E-state index contributed by atoms with van der Waals surface area (Å²) in [6.45, 7) is 5.19. The third-order valence-corrected chi connectivity index (χ3v) is 5.23. The Bertz CT molecular complexity index is 807. The highest BCUT2D eigenvalue weighted by Gasteiger charge is 2.29. The SMILES string of the molecule is Cc1ccc(C(=O)C2CCN(C(=O)c3ccccc3Cl)CC2)c(C)c1. The van der Waals surface area contributed by atoms with Gasteiger partial charge in [-0.2, -0.15) is 0 Å². The lowest BCUT2D eigenvalue weighted by molar-refractivity contribution is 0.0650. The number of Topliss-reactive ketones (excluding diaryl/α,β-unsaturated/α-hetero) is 1. The molecule has 1 amide bonds. The standard InChI is InChI=1S/C21H22ClNO2/c1-14-7-8-17(15(2)13-14)20(24)16-9-11-23(12-10-16)21(25)18-5-3-4-6-19(18)22/h3-8,13,16H,9-12H2,1-2H3. The zero-order valence-corrected chi connectivity index (χ0v) is 15.3. The Labute approximate surface area is 153 Å². The Morgan fingerprint density at radius 3 is 2.32 bits per heavy atom. The van der Waals surface area contributed by atoms with E-state index in [4.69, 9.17) is 11.6 Å². The molecule has 0 N–H and O–H groups in total. The predicted molar refractivity (Wildman–Crippen MR) is 100 cm³/mol. The summed E-state index contributed by atoms with van der Waals surface area (Å²) in [7, 11) is 0. The maximum atomic E-state index is 12.8. The lowest BCUT2D eigenvalue weighted by atomic mass is 9.87. The molecule has 2 aromatic carbocycles. The fourth-order valence-electron chi connectivity index (χ4n) is 3.46. The first kappa shape index (κ1) is 17.7. The Kier molecular flexibility index (Phi) is 5.24. The van der Waals surface area contributed by atoms with Crippen molar-refractivity contribution in [3.05, 3.63) is 69.7 Å². The van der Waals surface area contributed by atoms with E-state index in [9.17, 15) is 9.59 Å². The normalized spacial score (nSPS) is 15.2. The van der Waals surface area contributed by atoms with Gasteiger partial charge in [-0.25, -0.2) is 0 Å². The number of hydrogen-bond donors (Lipinski definition) is 0. The van der Waals surface area contributed by atoms with Gasteiger partial charge in [-0.15, -0.1) is 0 Å². The zero-order valence-electron chi connectivity index (χ0n) is 14.6. The van der Waals surface area contributed by atoms with Crippen molar-refractivity contribution in [3.63, 3.8) is 0 Å². The van der Waals surface area contributed by atoms with Crippen LogP contribution < -0.4 is 0 Å². The second-order valence-electron chi connectivity index (χ2n) is 6.73. The molecule has 1 heterocycles. The van der Waals surface area contributed by atoms with E-state index in [2.05, 4.69) is 0 Å². The summed E-state index contributed by atoms with van der Waals surface area (Å²) in [5.74, 6) is 0.127. The van der Waals surface area contributed by atoms with E-state index in [1.807, 2.05) is 44.2 Å². The number of amides is 1. The van der Waals surface area contributed by atoms with Crippen molar-refractivity contribution in [2.24, 2.45) is 5.92 Å². The number of carbonyl (C=O) groups is 2. The minimum Gasteiger partial charge on any atom is -0.339 e. The van der Waals surface area contributed by atoms with Gasteiger partial charge in [0.25, 0.3) is 5.91 Å². The number of piperidine rings is 1. The molecular weight excluding hydrogens is 334 g/mol. The molecule has 3 rings (SSSR count). The highest BCUT2D eigenvalue weighted by Crippen LogP contribution is 2.26. The summed E-state index contributed by atoms with van der Waals surface area (Å²) in [5.41, 5.74) is 3.53. The molecule has 1 aliphatic rings. The number of nitrogens with zero attached hydrogens (tertiary/aromatic N) is 1. The molecule has 3 nitrogen and oxygen atoms in total. The molecule has 0 saturated carbocycles. The smallest absolute Gasteiger partial charge is 0.255 e. The first-order valence-corrected chi connectivity index (χ1v) is 9.00. The molecule has 4 heteroatoms. The minimum atomic E-state index is -0.0528. The second-order valence-corrected chi connectivity index (χ2v) is 7.14. The van der Waals surface area contributed by atoms with Crippen molar-refractivity contribution in [2.45, 2.75) is 26.7 Å². The first-order valence-electron chi connectivity index (χ1n) is 8.62. The van der Waals surface area contributed by atoms with Gasteiger partial charge in [0.05, 0.1) is 10.6 Å². The van der Waals surface area contributed by atoms with E-state index in [1.54, 1.807) is 17.0 Å². The predicted octanol–water partition coefficient (Wildman–Crippen LogP) is 4.69. The van der Waals surface area contributed by atoms with Gasteiger partial charge < -0.3 is 4.90 Å². The number of rotatable bonds is 3. The summed E-state index contributed by atoms with van der Waals surface area (Å²) in [6.07, 6.45) is 1.39. The molecule has 25 heavy (non-hydrogen) atoms. The molecule has 0 aliphatic carbocycles.